The predicted molar refractivity (Wildman–Crippen MR) is 537 cm³/mol. The molecule has 6 aliphatic rings. The van der Waals surface area contributed by atoms with Gasteiger partial charge in [-0.3, -0.25) is 0 Å². The van der Waals surface area contributed by atoms with Crippen LogP contribution in [0, 0.1) is 50.7 Å². The van der Waals surface area contributed by atoms with Crippen molar-refractivity contribution in [2.75, 3.05) is 78.5 Å². The third-order valence-corrected chi connectivity index (χ3v) is 27.3. The quantitative estimate of drug-likeness (QED) is 0.0241. The number of piperidine rings is 6. The van der Waals surface area contributed by atoms with Crippen molar-refractivity contribution in [3.05, 3.63) is 404 Å². The molecule has 6 fully saturated rings. The molecule has 0 bridgehead atoms. The molecule has 0 saturated carbocycles. The van der Waals surface area contributed by atoms with Gasteiger partial charge in [0.05, 0.1) is 10.6 Å². The normalized spacial score (nSPS) is 17.2. The van der Waals surface area contributed by atoms with Gasteiger partial charge in [-0.05, 0) is 314 Å². The Morgan fingerprint density at radius 2 is 0.609 bits per heavy atom. The Hall–Kier alpha value is -10.4. The van der Waals surface area contributed by atoms with Crippen molar-refractivity contribution in [1.29, 1.82) is 0 Å². The van der Waals surface area contributed by atoms with Crippen LogP contribution in [0.25, 0.3) is 11.1 Å². The van der Waals surface area contributed by atoms with Crippen molar-refractivity contribution < 1.29 is 50.4 Å². The third kappa shape index (κ3) is 30.8. The largest absolute Gasteiger partial charge is 0.485 e. The molecular formula is C113H123ClF5IN6O6S. The summed E-state index contributed by atoms with van der Waals surface area (Å²) in [6, 6.07) is 109. The smallest absolute Gasteiger partial charge is 0.416 e. The molecule has 6 atom stereocenters. The fraction of sp³-hybridized carbons (Fsp3) is 0.327. The summed E-state index contributed by atoms with van der Waals surface area (Å²) in [5.41, 5.74) is 7.64. The average molecular weight is 1950 g/mol. The molecule has 0 radical (unpaired) electrons. The first-order valence-electron chi connectivity index (χ1n) is 47.1. The maximum Gasteiger partial charge on any atom is 0.416 e. The molecule has 6 aliphatic heterocycles. The van der Waals surface area contributed by atoms with E-state index in [1.165, 1.54) is 73.9 Å². The van der Waals surface area contributed by atoms with Crippen LogP contribution in [0.1, 0.15) is 152 Å². The van der Waals surface area contributed by atoms with Crippen LogP contribution in [0.4, 0.5) is 22.0 Å². The number of halogens is 7. The minimum absolute atomic E-state index is 0.0268. The molecule has 19 rings (SSSR count). The van der Waals surface area contributed by atoms with E-state index in [4.69, 9.17) is 40.0 Å². The number of thiophene rings is 1. The Morgan fingerprint density at radius 3 is 0.977 bits per heavy atom. The highest BCUT2D eigenvalue weighted by atomic mass is 127. The van der Waals surface area contributed by atoms with Gasteiger partial charge in [-0.1, -0.05) is 248 Å². The fourth-order valence-corrected chi connectivity index (χ4v) is 19.6. The zero-order valence-corrected chi connectivity index (χ0v) is 79.0. The predicted octanol–water partition coefficient (Wildman–Crippen LogP) is 27.1. The van der Waals surface area contributed by atoms with Gasteiger partial charge < -0.3 is 60.3 Å². The number of benzene rings is 12. The molecule has 13 aromatic rings. The van der Waals surface area contributed by atoms with Gasteiger partial charge in [0, 0.05) is 55.6 Å². The number of rotatable bonds is 25. The van der Waals surface area contributed by atoms with Crippen molar-refractivity contribution in [3.8, 4) is 45.6 Å². The van der Waals surface area contributed by atoms with Crippen LogP contribution in [-0.4, -0.2) is 78.5 Å². The second-order valence-corrected chi connectivity index (χ2v) is 37.1. The van der Waals surface area contributed by atoms with Gasteiger partial charge >= 0.3 is 6.18 Å². The summed E-state index contributed by atoms with van der Waals surface area (Å²) in [4.78, 5) is 1.22. The standard InChI is InChI=1S/C24H25NO.C19H20F3NO.C18H20ClNO.C18H20FNO.C18H20INO.C16H18FNOS/c1-3-9-19(10-4-1)22-13-7-8-14-23(22)26-24(20-11-5-2-6-12-20)21-15-17-25-18-16-21;20-19(21,22)16-6-8-17(9-7-16)24-18(14-4-2-1-3-5-14)15-10-12-23-13-11-15;2*19-16-8-4-5-9-17(16)21-18(14-6-2-1-3-7-14)15-10-12-20-13-11-15;19-16-6-8-17(9-7-16)21-18(14-4-2-1-3-5-14)15-10-12-20-13-11-15;17-13-3-1-4-14(11-13)19-16(15-5-2-10-20-15)12-6-8-18-9-7-12/h1-14,21,24-25H,15-18H2;1-9,15,18,23H,10-13H2;3*1-9,15,18,20H,10-13H2;1-5,10-12,16,18H,6-9H2. The van der Waals surface area contributed by atoms with Crippen molar-refractivity contribution in [2.45, 2.75) is 120 Å². The summed E-state index contributed by atoms with van der Waals surface area (Å²) in [5.74, 6) is 6.43. The van der Waals surface area contributed by atoms with E-state index in [1.807, 2.05) is 97.1 Å². The zero-order valence-electron chi connectivity index (χ0n) is 75.3. The summed E-state index contributed by atoms with van der Waals surface area (Å²) in [6.45, 7) is 12.3. The third-order valence-electron chi connectivity index (χ3n) is 25.3. The Bertz CT molecular complexity index is 5310. The zero-order chi connectivity index (χ0) is 91.9. The molecule has 12 aromatic carbocycles. The highest BCUT2D eigenvalue weighted by molar-refractivity contribution is 14.1. The minimum atomic E-state index is -4.33. The van der Waals surface area contributed by atoms with Crippen LogP contribution in [0.3, 0.4) is 0 Å². The lowest BCUT2D eigenvalue weighted by atomic mass is 9.88. The molecule has 6 N–H and O–H groups in total. The molecule has 1 aromatic heterocycles. The number of hydrogen-bond donors (Lipinski definition) is 6. The van der Waals surface area contributed by atoms with E-state index < -0.39 is 11.7 Å². The number of ether oxygens (including phenoxy) is 6. The number of hydrogen-bond acceptors (Lipinski definition) is 13. The fourth-order valence-electron chi connectivity index (χ4n) is 18.2. The van der Waals surface area contributed by atoms with Crippen molar-refractivity contribution >= 4 is 45.5 Å². The van der Waals surface area contributed by atoms with E-state index in [9.17, 15) is 22.0 Å². The molecular weight excluding hydrogens is 1830 g/mol. The molecule has 0 aliphatic carbocycles. The second kappa shape index (κ2) is 53.0. The van der Waals surface area contributed by atoms with Gasteiger partial charge in [0.15, 0.2) is 11.6 Å². The summed E-state index contributed by atoms with van der Waals surface area (Å²) in [5, 5.41) is 23.1. The molecule has 0 amide bonds. The van der Waals surface area contributed by atoms with Crippen LogP contribution in [0.15, 0.2) is 345 Å². The van der Waals surface area contributed by atoms with Crippen molar-refractivity contribution in [2.24, 2.45) is 35.5 Å². The van der Waals surface area contributed by atoms with Crippen molar-refractivity contribution in [1.82, 2.24) is 31.9 Å². The van der Waals surface area contributed by atoms with Crippen LogP contribution in [-0.2, 0) is 6.18 Å². The summed E-state index contributed by atoms with van der Waals surface area (Å²) >= 11 is 10.3. The van der Waals surface area contributed by atoms with E-state index in [-0.39, 0.29) is 48.3 Å². The Labute approximate surface area is 805 Å². The number of alkyl halides is 3. The summed E-state index contributed by atoms with van der Waals surface area (Å²) in [6.07, 6.45) is 8.91. The highest BCUT2D eigenvalue weighted by Crippen LogP contribution is 2.44. The maximum absolute atomic E-state index is 13.9. The summed E-state index contributed by atoms with van der Waals surface area (Å²) in [7, 11) is 0. The molecule has 20 heteroatoms. The van der Waals surface area contributed by atoms with Crippen molar-refractivity contribution in [3.63, 3.8) is 0 Å². The van der Waals surface area contributed by atoms with E-state index >= 15 is 0 Å². The molecule has 7 heterocycles. The van der Waals surface area contributed by atoms with Crippen LogP contribution in [0.5, 0.6) is 34.5 Å². The average Bonchev–Trinajstić information content (AvgIpc) is 1.48. The first kappa shape index (κ1) is 98.6. The van der Waals surface area contributed by atoms with Gasteiger partial charge in [0.1, 0.15) is 71.2 Å². The molecule has 6 saturated heterocycles. The monoisotopic (exact) mass is 1950 g/mol. The lowest BCUT2D eigenvalue weighted by Gasteiger charge is -2.32. The number of para-hydroxylation sites is 3. The van der Waals surface area contributed by atoms with Crippen LogP contribution in [0.2, 0.25) is 5.02 Å². The van der Waals surface area contributed by atoms with E-state index in [1.54, 1.807) is 29.5 Å². The van der Waals surface area contributed by atoms with Gasteiger partial charge in [0.2, 0.25) is 0 Å². The minimum Gasteiger partial charge on any atom is -0.485 e. The first-order chi connectivity index (χ1) is 65.3. The van der Waals surface area contributed by atoms with E-state index in [0.717, 1.165) is 189 Å². The SMILES string of the molecule is Clc1ccccc1OC(c1ccccc1)C1CCNCC1.FC(F)(F)c1ccc(OC(c2ccccc2)C2CCNCC2)cc1.Fc1cccc(OC(c2cccs2)C2CCNCC2)c1.Fc1ccccc1OC(c1ccccc1)C1CCNCC1.Ic1ccc(OC(c2ccccc2)C2CCNCC2)cc1.c1ccc(-c2ccccc2OC(c2ccccc2)C2CCNCC2)cc1. The second-order valence-electron chi connectivity index (χ2n) is 34.5. The summed E-state index contributed by atoms with van der Waals surface area (Å²) < 4.78 is 104. The molecule has 12 nitrogen and oxygen atoms in total. The van der Waals surface area contributed by atoms with Crippen LogP contribution < -0.4 is 60.3 Å². The van der Waals surface area contributed by atoms with E-state index in [2.05, 4.69) is 242 Å². The van der Waals surface area contributed by atoms with Gasteiger partial charge in [0.25, 0.3) is 0 Å². The maximum atomic E-state index is 13.9. The van der Waals surface area contributed by atoms with Gasteiger partial charge in [-0.25, -0.2) is 8.78 Å². The Morgan fingerprint density at radius 1 is 0.293 bits per heavy atom. The van der Waals surface area contributed by atoms with Gasteiger partial charge in [-0.2, -0.15) is 13.2 Å². The molecule has 696 valence electrons. The molecule has 133 heavy (non-hydrogen) atoms. The highest BCUT2D eigenvalue weighted by Gasteiger charge is 2.35. The first-order valence-corrected chi connectivity index (χ1v) is 49.5. The van der Waals surface area contributed by atoms with Crippen LogP contribution >= 0.6 is 45.5 Å². The Balaban J connectivity index is 0.000000129. The Kier molecular flexibility index (Phi) is 39.3. The molecule has 6 unspecified atom stereocenters. The lowest BCUT2D eigenvalue weighted by Crippen LogP contribution is -2.32. The van der Waals surface area contributed by atoms with Gasteiger partial charge in [-0.15, -0.1) is 11.3 Å². The topological polar surface area (TPSA) is 128 Å². The number of nitrogens with one attached hydrogen (secondary N) is 6. The molecule has 0 spiro atoms. The van der Waals surface area contributed by atoms with E-state index in [0.29, 0.717) is 57.8 Å². The lowest BCUT2D eigenvalue weighted by molar-refractivity contribution is -0.137.